The number of nitrogens with zero attached hydrogens (tertiary/aromatic N) is 4. The molecule has 0 aliphatic carbocycles. The normalized spacial score (nSPS) is 11.6. The Hall–Kier alpha value is -2.15. The lowest BCUT2D eigenvalue weighted by molar-refractivity contribution is -0.0246. The van der Waals surface area contributed by atoms with Crippen LogP contribution in [0.1, 0.15) is 20.8 Å². The average Bonchev–Trinajstić information content (AvgIpc) is 2.85. The van der Waals surface area contributed by atoms with Gasteiger partial charge in [0.1, 0.15) is 5.75 Å². The molecule has 1 heterocycles. The van der Waals surface area contributed by atoms with E-state index in [0.29, 0.717) is 30.4 Å². The number of rotatable bonds is 6. The Balaban J connectivity index is 2.30. The van der Waals surface area contributed by atoms with Crippen molar-refractivity contribution in [3.8, 4) is 17.1 Å². The van der Waals surface area contributed by atoms with Gasteiger partial charge in [-0.3, -0.25) is 0 Å². The summed E-state index contributed by atoms with van der Waals surface area (Å²) in [5.41, 5.74) is 6.97. The molecule has 0 aliphatic heterocycles. The second-order valence-electron chi connectivity index (χ2n) is 5.31. The molecule has 0 saturated carbocycles. The third kappa shape index (κ3) is 3.49. The molecular weight excluding hydrogens is 270 g/mol. The number of nitrogen functional groups attached to an aromatic ring is 1. The number of aromatic nitrogens is 4. The van der Waals surface area contributed by atoms with Gasteiger partial charge in [0.2, 0.25) is 0 Å². The minimum absolute atomic E-state index is 0.350. The predicted molar refractivity (Wildman–Crippen MR) is 79.9 cm³/mol. The number of tetrazole rings is 1. The Morgan fingerprint density at radius 2 is 2.10 bits per heavy atom. The van der Waals surface area contributed by atoms with Crippen molar-refractivity contribution in [3.63, 3.8) is 0 Å². The summed E-state index contributed by atoms with van der Waals surface area (Å²) in [7, 11) is 1.58. The molecule has 2 aromatic rings. The van der Waals surface area contributed by atoms with Gasteiger partial charge in [0, 0.05) is 12.2 Å². The van der Waals surface area contributed by atoms with Gasteiger partial charge in [0.15, 0.2) is 5.82 Å². The number of ether oxygens (including phenoxy) is 2. The molecule has 0 bridgehead atoms. The van der Waals surface area contributed by atoms with Gasteiger partial charge in [-0.25, -0.2) is 4.68 Å². The molecule has 1 aromatic carbocycles. The van der Waals surface area contributed by atoms with Crippen LogP contribution >= 0.6 is 0 Å². The molecule has 0 atom stereocenters. The van der Waals surface area contributed by atoms with Gasteiger partial charge >= 0.3 is 0 Å². The molecule has 0 aliphatic rings. The highest BCUT2D eigenvalue weighted by Crippen LogP contribution is 2.27. The first-order valence-electron chi connectivity index (χ1n) is 6.81. The van der Waals surface area contributed by atoms with Crippen LogP contribution in [0.15, 0.2) is 18.2 Å². The number of hydrogen-bond donors (Lipinski definition) is 1. The molecule has 114 valence electrons. The number of benzene rings is 1. The van der Waals surface area contributed by atoms with E-state index in [1.807, 2.05) is 26.8 Å². The summed E-state index contributed by atoms with van der Waals surface area (Å²) in [5.74, 6) is 1.28. The molecule has 0 spiro atoms. The van der Waals surface area contributed by atoms with Crippen molar-refractivity contribution in [1.82, 2.24) is 20.2 Å². The van der Waals surface area contributed by atoms with Crippen LogP contribution in [0.3, 0.4) is 0 Å². The molecule has 1 aromatic heterocycles. The van der Waals surface area contributed by atoms with E-state index in [0.717, 1.165) is 5.56 Å². The van der Waals surface area contributed by atoms with Crippen molar-refractivity contribution < 1.29 is 9.47 Å². The van der Waals surface area contributed by atoms with Crippen molar-refractivity contribution in [2.75, 3.05) is 19.5 Å². The molecule has 0 amide bonds. The van der Waals surface area contributed by atoms with Crippen molar-refractivity contribution in [2.24, 2.45) is 0 Å². The maximum absolute atomic E-state index is 5.94. The molecule has 2 rings (SSSR count). The Bertz CT molecular complexity index is 609. The third-order valence-corrected chi connectivity index (χ3v) is 3.09. The quantitative estimate of drug-likeness (QED) is 0.816. The van der Waals surface area contributed by atoms with Crippen molar-refractivity contribution >= 4 is 5.69 Å². The van der Waals surface area contributed by atoms with E-state index >= 15 is 0 Å². The molecule has 0 radical (unpaired) electrons. The number of hydrogen-bond acceptors (Lipinski definition) is 6. The lowest BCUT2D eigenvalue weighted by Gasteiger charge is -2.24. The van der Waals surface area contributed by atoms with Crippen LogP contribution in [-0.4, -0.2) is 39.5 Å². The largest absolute Gasteiger partial charge is 0.495 e. The summed E-state index contributed by atoms with van der Waals surface area (Å²) >= 11 is 0. The topological polar surface area (TPSA) is 88.1 Å². The second kappa shape index (κ2) is 6.09. The van der Waals surface area contributed by atoms with Crippen molar-refractivity contribution in [2.45, 2.75) is 32.9 Å². The molecule has 2 N–H and O–H groups in total. The summed E-state index contributed by atoms with van der Waals surface area (Å²) in [6.07, 6.45) is 0. The van der Waals surface area contributed by atoms with Crippen LogP contribution in [0.4, 0.5) is 5.69 Å². The Labute approximate surface area is 124 Å². The van der Waals surface area contributed by atoms with E-state index in [9.17, 15) is 0 Å². The average molecular weight is 291 g/mol. The smallest absolute Gasteiger partial charge is 0.182 e. The number of nitrogens with two attached hydrogens (primary N) is 1. The molecule has 0 fully saturated rings. The molecule has 21 heavy (non-hydrogen) atoms. The first-order chi connectivity index (χ1) is 9.96. The van der Waals surface area contributed by atoms with Gasteiger partial charge in [-0.05, 0) is 49.4 Å². The Kier molecular flexibility index (Phi) is 4.42. The van der Waals surface area contributed by atoms with Crippen LogP contribution in [0, 0.1) is 0 Å². The predicted octanol–water partition coefficient (Wildman–Crippen LogP) is 1.75. The van der Waals surface area contributed by atoms with Gasteiger partial charge in [-0.15, -0.1) is 5.10 Å². The van der Waals surface area contributed by atoms with E-state index in [-0.39, 0.29) is 5.60 Å². The molecule has 0 saturated heterocycles. The minimum atomic E-state index is -0.350. The minimum Gasteiger partial charge on any atom is -0.495 e. The van der Waals surface area contributed by atoms with Crippen LogP contribution < -0.4 is 10.5 Å². The molecular formula is C14H21N5O2. The third-order valence-electron chi connectivity index (χ3n) is 3.09. The van der Waals surface area contributed by atoms with Crippen molar-refractivity contribution in [1.29, 1.82) is 0 Å². The maximum Gasteiger partial charge on any atom is 0.182 e. The summed E-state index contributed by atoms with van der Waals surface area (Å²) in [5, 5.41) is 11.9. The van der Waals surface area contributed by atoms with Gasteiger partial charge < -0.3 is 15.2 Å². The van der Waals surface area contributed by atoms with E-state index in [2.05, 4.69) is 15.5 Å². The van der Waals surface area contributed by atoms with Crippen LogP contribution in [-0.2, 0) is 11.3 Å². The maximum atomic E-state index is 5.94. The number of anilines is 1. The van der Waals surface area contributed by atoms with Gasteiger partial charge in [0.05, 0.1) is 24.9 Å². The van der Waals surface area contributed by atoms with Gasteiger partial charge in [-0.2, -0.15) is 0 Å². The van der Waals surface area contributed by atoms with E-state index < -0.39 is 0 Å². The fourth-order valence-corrected chi connectivity index (χ4v) is 2.19. The second-order valence-corrected chi connectivity index (χ2v) is 5.31. The van der Waals surface area contributed by atoms with Crippen LogP contribution in [0.25, 0.3) is 11.4 Å². The monoisotopic (exact) mass is 291 g/mol. The highest BCUT2D eigenvalue weighted by atomic mass is 16.5. The summed E-state index contributed by atoms with van der Waals surface area (Å²) in [6, 6.07) is 5.48. The lowest BCUT2D eigenvalue weighted by Crippen LogP contribution is -2.31. The highest BCUT2D eigenvalue weighted by Gasteiger charge is 2.22. The highest BCUT2D eigenvalue weighted by molar-refractivity contribution is 5.66. The Morgan fingerprint density at radius 1 is 1.33 bits per heavy atom. The zero-order chi connectivity index (χ0) is 15.5. The number of methoxy groups -OCH3 is 1. The Morgan fingerprint density at radius 3 is 2.71 bits per heavy atom. The molecule has 7 nitrogen and oxygen atoms in total. The fraction of sp³-hybridized carbons (Fsp3) is 0.500. The van der Waals surface area contributed by atoms with Crippen LogP contribution in [0.2, 0.25) is 0 Å². The van der Waals surface area contributed by atoms with E-state index in [4.69, 9.17) is 15.2 Å². The molecule has 0 unspecified atom stereocenters. The standard InChI is InChI=1S/C14H21N5O2/c1-5-21-14(2,3)9-19-13(16-17-18-19)10-6-7-12(20-4)11(15)8-10/h6-8H,5,9,15H2,1-4H3. The molecule has 7 heteroatoms. The van der Waals surface area contributed by atoms with Crippen LogP contribution in [0.5, 0.6) is 5.75 Å². The van der Waals surface area contributed by atoms with Gasteiger partial charge in [-0.1, -0.05) is 0 Å². The lowest BCUT2D eigenvalue weighted by atomic mass is 10.1. The van der Waals surface area contributed by atoms with Gasteiger partial charge in [0.25, 0.3) is 0 Å². The zero-order valence-corrected chi connectivity index (χ0v) is 12.8. The van der Waals surface area contributed by atoms with E-state index in [1.54, 1.807) is 23.9 Å². The summed E-state index contributed by atoms with van der Waals surface area (Å²) in [6.45, 7) is 7.16. The van der Waals surface area contributed by atoms with Crippen molar-refractivity contribution in [3.05, 3.63) is 18.2 Å². The summed E-state index contributed by atoms with van der Waals surface area (Å²) in [4.78, 5) is 0. The zero-order valence-electron chi connectivity index (χ0n) is 12.8. The first kappa shape index (κ1) is 15.2. The SMILES string of the molecule is CCOC(C)(C)Cn1nnnc1-c1ccc(OC)c(N)c1. The fourth-order valence-electron chi connectivity index (χ4n) is 2.19. The summed E-state index contributed by atoms with van der Waals surface area (Å²) < 4.78 is 12.6. The van der Waals surface area contributed by atoms with E-state index in [1.165, 1.54) is 0 Å². The first-order valence-corrected chi connectivity index (χ1v) is 6.81.